The number of aromatic nitrogens is 3. The predicted molar refractivity (Wildman–Crippen MR) is 135 cm³/mol. The highest BCUT2D eigenvalue weighted by atomic mass is 35.5. The van der Waals surface area contributed by atoms with Crippen LogP contribution < -0.4 is 10.1 Å². The normalized spacial score (nSPS) is 17.2. The lowest BCUT2D eigenvalue weighted by atomic mass is 9.82. The molecule has 4 rings (SSSR count). The number of benzene rings is 1. The molecular formula is C25H27Cl2N5O3. The molecule has 1 fully saturated rings. The molecule has 3 heterocycles. The van der Waals surface area contributed by atoms with E-state index in [1.165, 1.54) is 13.3 Å². The summed E-state index contributed by atoms with van der Waals surface area (Å²) in [6.45, 7) is 4.82. The molecule has 0 bridgehead atoms. The van der Waals surface area contributed by atoms with Crippen LogP contribution in [0.25, 0.3) is 11.3 Å². The van der Waals surface area contributed by atoms with Crippen LogP contribution in [0.15, 0.2) is 42.6 Å². The minimum Gasteiger partial charge on any atom is -0.481 e. The molecule has 0 radical (unpaired) electrons. The number of likely N-dealkylation sites (tertiary alicyclic amines) is 1. The highest BCUT2D eigenvalue weighted by Gasteiger charge is 2.40. The number of H-pyrrole nitrogens is 1. The molecule has 35 heavy (non-hydrogen) atoms. The summed E-state index contributed by atoms with van der Waals surface area (Å²) in [6.07, 6.45) is 2.61. The molecule has 2 N–H and O–H groups in total. The third-order valence-electron chi connectivity index (χ3n) is 6.27. The lowest BCUT2D eigenvalue weighted by molar-refractivity contribution is -0.128. The lowest BCUT2D eigenvalue weighted by Gasteiger charge is -2.45. The van der Waals surface area contributed by atoms with Crippen LogP contribution >= 0.6 is 23.2 Å². The van der Waals surface area contributed by atoms with Crippen molar-refractivity contribution >= 4 is 35.0 Å². The molecule has 1 aliphatic rings. The number of ether oxygens (including phenoxy) is 1. The molecule has 0 saturated carbocycles. The molecule has 184 valence electrons. The number of rotatable bonds is 6. The van der Waals surface area contributed by atoms with E-state index in [2.05, 4.69) is 20.5 Å². The summed E-state index contributed by atoms with van der Waals surface area (Å²) >= 11 is 12.3. The SMILES string of the molecule is COc1cc(-c2cc(C(=O)N3CCC(C(=O)NCc4cccc(Cl)c4)CC3(C)C)[nH]n2)c(Cl)cn1. The Bertz CT molecular complexity index is 1240. The molecule has 2 aromatic heterocycles. The quantitative estimate of drug-likeness (QED) is 0.493. The largest absolute Gasteiger partial charge is 0.481 e. The zero-order chi connectivity index (χ0) is 25.2. The number of nitrogens with one attached hydrogen (secondary N) is 2. The second kappa shape index (κ2) is 10.3. The van der Waals surface area contributed by atoms with Gasteiger partial charge in [0, 0.05) is 41.2 Å². The number of methoxy groups -OCH3 is 1. The molecule has 1 saturated heterocycles. The Labute approximate surface area is 214 Å². The van der Waals surface area contributed by atoms with Crippen LogP contribution in [-0.4, -0.2) is 51.1 Å². The smallest absolute Gasteiger partial charge is 0.272 e. The average molecular weight is 516 g/mol. The number of hydrogen-bond acceptors (Lipinski definition) is 5. The van der Waals surface area contributed by atoms with Crippen molar-refractivity contribution in [2.24, 2.45) is 5.92 Å². The predicted octanol–water partition coefficient (Wildman–Crippen LogP) is 4.73. The minimum atomic E-state index is -0.518. The number of aromatic amines is 1. The standard InChI is InChI=1S/C25H27Cl2N5O3/c1-25(2)12-16(23(33)29-13-15-5-4-6-17(26)9-15)7-8-32(25)24(34)21-11-20(30-31-21)18-10-22(35-3)28-14-19(18)27/h4-6,9-11,14,16H,7-8,12-13H2,1-3H3,(H,29,33)(H,30,31). The number of nitrogens with zero attached hydrogens (tertiary/aromatic N) is 3. The second-order valence-corrected chi connectivity index (χ2v) is 10.0. The van der Waals surface area contributed by atoms with Gasteiger partial charge in [-0.25, -0.2) is 4.98 Å². The van der Waals surface area contributed by atoms with Gasteiger partial charge in [-0.15, -0.1) is 0 Å². The van der Waals surface area contributed by atoms with E-state index in [9.17, 15) is 9.59 Å². The molecule has 1 aliphatic heterocycles. The van der Waals surface area contributed by atoms with Gasteiger partial charge in [0.15, 0.2) is 0 Å². The maximum Gasteiger partial charge on any atom is 0.272 e. The van der Waals surface area contributed by atoms with E-state index in [4.69, 9.17) is 27.9 Å². The third-order valence-corrected chi connectivity index (χ3v) is 6.81. The summed E-state index contributed by atoms with van der Waals surface area (Å²) < 4.78 is 5.16. The average Bonchev–Trinajstić information content (AvgIpc) is 3.32. The third kappa shape index (κ3) is 5.60. The second-order valence-electron chi connectivity index (χ2n) is 9.18. The fraction of sp³-hybridized carbons (Fsp3) is 0.360. The summed E-state index contributed by atoms with van der Waals surface area (Å²) in [6, 6.07) is 10.8. The van der Waals surface area contributed by atoms with Crippen LogP contribution in [0.4, 0.5) is 0 Å². The lowest BCUT2D eigenvalue weighted by Crippen LogP contribution is -2.55. The Morgan fingerprint density at radius 2 is 2.06 bits per heavy atom. The molecule has 0 aliphatic carbocycles. The summed E-state index contributed by atoms with van der Waals surface area (Å²) in [4.78, 5) is 32.1. The highest BCUT2D eigenvalue weighted by Crippen LogP contribution is 2.34. The number of amides is 2. The monoisotopic (exact) mass is 515 g/mol. The van der Waals surface area contributed by atoms with Gasteiger partial charge in [0.05, 0.1) is 24.0 Å². The van der Waals surface area contributed by atoms with E-state index in [0.717, 1.165) is 5.56 Å². The number of hydrogen-bond donors (Lipinski definition) is 2. The molecular weight excluding hydrogens is 489 g/mol. The minimum absolute atomic E-state index is 0.0183. The van der Waals surface area contributed by atoms with Crippen molar-refractivity contribution in [3.63, 3.8) is 0 Å². The summed E-state index contributed by atoms with van der Waals surface area (Å²) in [7, 11) is 1.52. The van der Waals surface area contributed by atoms with E-state index >= 15 is 0 Å². The molecule has 10 heteroatoms. The van der Waals surface area contributed by atoms with Gasteiger partial charge in [0.2, 0.25) is 11.8 Å². The van der Waals surface area contributed by atoms with Gasteiger partial charge in [-0.3, -0.25) is 14.7 Å². The van der Waals surface area contributed by atoms with Gasteiger partial charge in [-0.1, -0.05) is 35.3 Å². The number of carbonyl (C=O) groups excluding carboxylic acids is 2. The van der Waals surface area contributed by atoms with Crippen LogP contribution in [0.2, 0.25) is 10.0 Å². The van der Waals surface area contributed by atoms with Gasteiger partial charge >= 0.3 is 0 Å². The molecule has 2 amide bonds. The van der Waals surface area contributed by atoms with E-state index in [0.29, 0.717) is 58.8 Å². The highest BCUT2D eigenvalue weighted by molar-refractivity contribution is 6.33. The number of halogens is 2. The summed E-state index contributed by atoms with van der Waals surface area (Å²) in [5.41, 5.74) is 1.91. The van der Waals surface area contributed by atoms with Crippen molar-refractivity contribution in [2.45, 2.75) is 38.8 Å². The maximum atomic E-state index is 13.4. The van der Waals surface area contributed by atoms with Crippen molar-refractivity contribution in [1.29, 1.82) is 0 Å². The Morgan fingerprint density at radius 1 is 1.26 bits per heavy atom. The summed E-state index contributed by atoms with van der Waals surface area (Å²) in [5.74, 6) is 0.0182. The number of pyridine rings is 1. The van der Waals surface area contributed by atoms with E-state index in [1.807, 2.05) is 32.0 Å². The van der Waals surface area contributed by atoms with Gasteiger partial charge in [-0.2, -0.15) is 5.10 Å². The fourth-order valence-electron chi connectivity index (χ4n) is 4.43. The van der Waals surface area contributed by atoms with Crippen LogP contribution in [0.5, 0.6) is 5.88 Å². The van der Waals surface area contributed by atoms with E-state index in [-0.39, 0.29) is 17.7 Å². The Balaban J connectivity index is 1.42. The first-order valence-electron chi connectivity index (χ1n) is 11.3. The Hall–Kier alpha value is -3.10. The Kier molecular flexibility index (Phi) is 7.33. The zero-order valence-electron chi connectivity index (χ0n) is 19.8. The number of piperidine rings is 1. The van der Waals surface area contributed by atoms with Crippen LogP contribution in [-0.2, 0) is 11.3 Å². The molecule has 3 aromatic rings. The van der Waals surface area contributed by atoms with Crippen LogP contribution in [0, 0.1) is 5.92 Å². The first kappa shape index (κ1) is 25.0. The topological polar surface area (TPSA) is 100 Å². The Morgan fingerprint density at radius 3 is 2.77 bits per heavy atom. The fourth-order valence-corrected chi connectivity index (χ4v) is 4.84. The van der Waals surface area contributed by atoms with Crippen molar-refractivity contribution in [3.05, 3.63) is 63.9 Å². The van der Waals surface area contributed by atoms with Gasteiger partial charge in [0.25, 0.3) is 5.91 Å². The molecule has 1 atom stereocenters. The van der Waals surface area contributed by atoms with Crippen molar-refractivity contribution < 1.29 is 14.3 Å². The van der Waals surface area contributed by atoms with Crippen LogP contribution in [0.1, 0.15) is 42.7 Å². The van der Waals surface area contributed by atoms with Gasteiger partial charge in [-0.05, 0) is 50.5 Å². The van der Waals surface area contributed by atoms with E-state index in [1.54, 1.807) is 23.1 Å². The van der Waals surface area contributed by atoms with Gasteiger partial charge in [0.1, 0.15) is 5.69 Å². The first-order valence-corrected chi connectivity index (χ1v) is 12.0. The maximum absolute atomic E-state index is 13.4. The zero-order valence-corrected chi connectivity index (χ0v) is 21.3. The van der Waals surface area contributed by atoms with Crippen LogP contribution in [0.3, 0.4) is 0 Å². The van der Waals surface area contributed by atoms with Crippen molar-refractivity contribution in [3.8, 4) is 17.1 Å². The van der Waals surface area contributed by atoms with Gasteiger partial charge < -0.3 is 15.0 Å². The molecule has 8 nitrogen and oxygen atoms in total. The van der Waals surface area contributed by atoms with Crippen molar-refractivity contribution in [1.82, 2.24) is 25.4 Å². The molecule has 0 spiro atoms. The van der Waals surface area contributed by atoms with Crippen molar-refractivity contribution in [2.75, 3.05) is 13.7 Å². The summed E-state index contributed by atoms with van der Waals surface area (Å²) in [5, 5.41) is 11.1. The molecule has 1 aromatic carbocycles. The van der Waals surface area contributed by atoms with E-state index < -0.39 is 5.54 Å². The number of carbonyl (C=O) groups is 2. The first-order chi connectivity index (χ1) is 16.7. The molecule has 1 unspecified atom stereocenters.